The Labute approximate surface area is 212 Å². The molecule has 1 unspecified atom stereocenters. The molecule has 2 fully saturated rings. The van der Waals surface area contributed by atoms with Crippen molar-refractivity contribution >= 4 is 31.3 Å². The molecule has 2 aliphatic heterocycles. The molecule has 3 aromatic rings. The summed E-state index contributed by atoms with van der Waals surface area (Å²) in [4.78, 5) is 30.1. The number of piperidine rings is 1. The summed E-state index contributed by atoms with van der Waals surface area (Å²) in [6, 6.07) is 29.2. The third-order valence-electron chi connectivity index (χ3n) is 6.85. The van der Waals surface area contributed by atoms with E-state index >= 15 is 0 Å². The summed E-state index contributed by atoms with van der Waals surface area (Å²) in [5, 5.41) is 0. The Kier molecular flexibility index (Phi) is 7.05. The van der Waals surface area contributed by atoms with Crippen molar-refractivity contribution in [1.29, 1.82) is 0 Å². The van der Waals surface area contributed by atoms with E-state index in [1.165, 1.54) is 0 Å². The number of nitrogens with zero attached hydrogens (tertiary/aromatic N) is 1. The number of fused-ring (bicyclic) bond motifs is 1. The van der Waals surface area contributed by atoms with Crippen molar-refractivity contribution < 1.29 is 19.1 Å². The minimum atomic E-state index is -1.24. The maximum atomic E-state index is 14.4. The van der Waals surface area contributed by atoms with E-state index in [2.05, 4.69) is 6.92 Å². The third-order valence-corrected chi connectivity index (χ3v) is 9.72. The monoisotopic (exact) mass is 535 g/mol. The Hall–Kier alpha value is -2.92. The Balaban J connectivity index is 1.52. The predicted molar refractivity (Wildman–Crippen MR) is 135 cm³/mol. The van der Waals surface area contributed by atoms with Crippen molar-refractivity contribution in [2.24, 2.45) is 5.92 Å². The van der Waals surface area contributed by atoms with Crippen molar-refractivity contribution in [3.8, 4) is 0 Å². The fourth-order valence-electron chi connectivity index (χ4n) is 5.02. The maximum absolute atomic E-state index is 14.4. The number of ether oxygens (including phenoxy) is 2. The van der Waals surface area contributed by atoms with Gasteiger partial charge in [0.1, 0.15) is 0 Å². The van der Waals surface area contributed by atoms with Crippen LogP contribution < -0.4 is 4.46 Å². The fourth-order valence-corrected chi connectivity index (χ4v) is 7.81. The van der Waals surface area contributed by atoms with E-state index < -0.39 is 25.2 Å². The van der Waals surface area contributed by atoms with Gasteiger partial charge in [-0.3, -0.25) is 0 Å². The van der Waals surface area contributed by atoms with Crippen LogP contribution in [0.1, 0.15) is 36.9 Å². The number of hydrogen-bond acceptors (Lipinski definition) is 4. The first-order chi connectivity index (χ1) is 17.1. The molecule has 0 aliphatic carbocycles. The molecule has 2 aliphatic rings. The first-order valence-corrected chi connectivity index (χ1v) is 13.8. The van der Waals surface area contributed by atoms with Crippen LogP contribution >= 0.6 is 0 Å². The van der Waals surface area contributed by atoms with Gasteiger partial charge in [0.2, 0.25) is 0 Å². The predicted octanol–water partition coefficient (Wildman–Crippen LogP) is 4.27. The van der Waals surface area contributed by atoms with Gasteiger partial charge in [0.15, 0.2) is 0 Å². The molecule has 4 atom stereocenters. The van der Waals surface area contributed by atoms with Crippen LogP contribution in [-0.4, -0.2) is 44.6 Å². The van der Waals surface area contributed by atoms with Crippen LogP contribution in [0.25, 0.3) is 0 Å². The van der Waals surface area contributed by atoms with Crippen LogP contribution in [-0.2, 0) is 25.7 Å². The first-order valence-electron chi connectivity index (χ1n) is 12.1. The van der Waals surface area contributed by atoms with Crippen LogP contribution in [0.5, 0.6) is 0 Å². The van der Waals surface area contributed by atoms with E-state index in [1.807, 2.05) is 95.9 Å². The molecule has 0 radical (unpaired) electrons. The van der Waals surface area contributed by atoms with E-state index in [0.29, 0.717) is 13.0 Å². The first kappa shape index (κ1) is 23.8. The third kappa shape index (κ3) is 4.66. The van der Waals surface area contributed by atoms with E-state index in [-0.39, 0.29) is 30.7 Å². The Bertz CT molecular complexity index is 1160. The molecule has 6 heteroatoms. The van der Waals surface area contributed by atoms with Gasteiger partial charge in [-0.15, -0.1) is 0 Å². The molecule has 0 spiro atoms. The van der Waals surface area contributed by atoms with Gasteiger partial charge in [0.05, 0.1) is 0 Å². The van der Waals surface area contributed by atoms with Gasteiger partial charge in [-0.2, -0.15) is 0 Å². The zero-order valence-electron chi connectivity index (χ0n) is 19.7. The molecule has 0 saturated carbocycles. The van der Waals surface area contributed by atoms with Gasteiger partial charge in [0.25, 0.3) is 0 Å². The van der Waals surface area contributed by atoms with Crippen molar-refractivity contribution in [3.05, 3.63) is 102 Å². The summed E-state index contributed by atoms with van der Waals surface area (Å²) in [6.45, 7) is 2.69. The SMILES string of the molecule is CC[C@@H]1CC([Se]c2ccccc2)(C(=O)OCc2ccccc2)C(=O)N2[C@H](c3ccccc3)CO[C@@H]12. The zero-order valence-corrected chi connectivity index (χ0v) is 21.4. The van der Waals surface area contributed by atoms with E-state index in [4.69, 9.17) is 9.47 Å². The van der Waals surface area contributed by atoms with Gasteiger partial charge in [0, 0.05) is 0 Å². The molecule has 0 aromatic heterocycles. The van der Waals surface area contributed by atoms with Crippen LogP contribution in [0, 0.1) is 5.92 Å². The second-order valence-electron chi connectivity index (χ2n) is 9.04. The van der Waals surface area contributed by atoms with Gasteiger partial charge in [-0.25, -0.2) is 0 Å². The van der Waals surface area contributed by atoms with Crippen LogP contribution in [0.15, 0.2) is 91.0 Å². The zero-order chi connectivity index (χ0) is 24.3. The van der Waals surface area contributed by atoms with E-state index in [9.17, 15) is 9.59 Å². The molecular weight excluding hydrogens is 505 g/mol. The molecule has 35 heavy (non-hydrogen) atoms. The van der Waals surface area contributed by atoms with Crippen LogP contribution in [0.4, 0.5) is 0 Å². The summed E-state index contributed by atoms with van der Waals surface area (Å²) in [6.07, 6.45) is 0.932. The van der Waals surface area contributed by atoms with Gasteiger partial charge in [-0.05, 0) is 0 Å². The Morgan fingerprint density at radius 1 is 1.00 bits per heavy atom. The van der Waals surface area contributed by atoms with E-state index in [1.54, 1.807) is 0 Å². The van der Waals surface area contributed by atoms with Gasteiger partial charge >= 0.3 is 213 Å². The van der Waals surface area contributed by atoms with Crippen molar-refractivity contribution in [2.45, 2.75) is 43.0 Å². The average Bonchev–Trinajstić information content (AvgIpc) is 3.36. The summed E-state index contributed by atoms with van der Waals surface area (Å²) < 4.78 is 11.9. The number of benzene rings is 3. The standard InChI is InChI=1S/C29H29NO4Se/c1-2-22-18-29(35-24-16-10-5-11-17-24,28(32)34-19-21-12-6-3-7-13-21)27(31)30-25(20-33-26(22)30)23-14-8-4-9-15-23/h3-17,22,25-26H,2,18-20H2,1H3/t22-,25+,26+,29?/m1/s1. The summed E-state index contributed by atoms with van der Waals surface area (Å²) in [5.41, 5.74) is 1.93. The van der Waals surface area contributed by atoms with E-state index in [0.717, 1.165) is 22.0 Å². The number of esters is 1. The molecule has 0 bridgehead atoms. The number of rotatable bonds is 7. The molecule has 3 aromatic carbocycles. The Morgan fingerprint density at radius 3 is 2.29 bits per heavy atom. The summed E-state index contributed by atoms with van der Waals surface area (Å²) in [5.74, 6) is -0.539. The van der Waals surface area contributed by atoms with Crippen LogP contribution in [0.3, 0.4) is 0 Å². The summed E-state index contributed by atoms with van der Waals surface area (Å²) in [7, 11) is 0. The fraction of sp³-hybridized carbons (Fsp3) is 0.310. The number of carbonyl (C=O) groups is 2. The molecule has 2 heterocycles. The number of amides is 1. The van der Waals surface area contributed by atoms with Crippen molar-refractivity contribution in [2.75, 3.05) is 6.61 Å². The molecule has 0 N–H and O–H groups in total. The van der Waals surface area contributed by atoms with Crippen molar-refractivity contribution in [3.63, 3.8) is 0 Å². The molecule has 5 rings (SSSR count). The number of carbonyl (C=O) groups excluding carboxylic acids is 2. The molecule has 2 saturated heterocycles. The van der Waals surface area contributed by atoms with Gasteiger partial charge in [-0.1, -0.05) is 0 Å². The minimum absolute atomic E-state index is 0.0521. The second kappa shape index (κ2) is 10.4. The Morgan fingerprint density at radius 2 is 1.63 bits per heavy atom. The molecular formula is C29H29NO4Se. The normalized spacial score (nSPS) is 25.8. The summed E-state index contributed by atoms with van der Waals surface area (Å²) >= 11 is -0.443. The molecule has 5 nitrogen and oxygen atoms in total. The quantitative estimate of drug-likeness (QED) is 0.258. The number of hydrogen-bond donors (Lipinski definition) is 0. The average molecular weight is 535 g/mol. The molecule has 180 valence electrons. The van der Waals surface area contributed by atoms with Gasteiger partial charge < -0.3 is 0 Å². The van der Waals surface area contributed by atoms with Crippen molar-refractivity contribution in [1.82, 2.24) is 4.90 Å². The topological polar surface area (TPSA) is 55.8 Å². The van der Waals surface area contributed by atoms with Crippen LogP contribution in [0.2, 0.25) is 4.31 Å². The second-order valence-corrected chi connectivity index (χ2v) is 11.9. The molecule has 1 amide bonds.